The number of aliphatic hydroxyl groups excluding tert-OH is 1. The van der Waals surface area contributed by atoms with Crippen LogP contribution in [0.1, 0.15) is 6.42 Å². The number of hydrogen-bond donors (Lipinski definition) is 3. The van der Waals surface area contributed by atoms with Crippen molar-refractivity contribution in [2.45, 2.75) is 18.5 Å². The molecule has 0 radical (unpaired) electrons. The molecule has 0 aromatic rings. The van der Waals surface area contributed by atoms with Crippen molar-refractivity contribution in [3.63, 3.8) is 0 Å². The first kappa shape index (κ1) is 7.28. The number of nitrogens with one attached hydrogen (secondary N) is 2. The maximum absolute atomic E-state index is 8.90. The molecule has 3 heteroatoms. The molecule has 2 unspecified atom stereocenters. The second kappa shape index (κ2) is 2.93. The van der Waals surface area contributed by atoms with E-state index in [9.17, 15) is 0 Å². The molecule has 2 atom stereocenters. The zero-order chi connectivity index (χ0) is 7.68. The summed E-state index contributed by atoms with van der Waals surface area (Å²) in [7, 11) is 0. The molecule has 2 aliphatic rings. The van der Waals surface area contributed by atoms with Gasteiger partial charge in [0.15, 0.2) is 0 Å². The van der Waals surface area contributed by atoms with Crippen molar-refractivity contribution < 1.29 is 5.11 Å². The molecule has 0 saturated carbocycles. The first-order chi connectivity index (χ1) is 5.40. The topological polar surface area (TPSA) is 44.3 Å². The maximum Gasteiger partial charge on any atom is 0.0587 e. The van der Waals surface area contributed by atoms with Crippen LogP contribution < -0.4 is 10.6 Å². The van der Waals surface area contributed by atoms with Crippen molar-refractivity contribution in [3.8, 4) is 0 Å². The molecular weight excluding hydrogens is 140 g/mol. The molecule has 0 aromatic carbocycles. The molecular formula is C8H14N2O. The highest BCUT2D eigenvalue weighted by atomic mass is 16.3. The second-order valence-corrected chi connectivity index (χ2v) is 3.24. The third-order valence-corrected chi connectivity index (χ3v) is 2.45. The SMILES string of the molecule is OCC1CC=C2CNCC2N1. The Kier molecular flexibility index (Phi) is 1.94. The molecule has 0 bridgehead atoms. The van der Waals surface area contributed by atoms with Gasteiger partial charge in [-0.15, -0.1) is 0 Å². The van der Waals surface area contributed by atoms with Gasteiger partial charge in [0.25, 0.3) is 0 Å². The fourth-order valence-electron chi connectivity index (χ4n) is 1.77. The third-order valence-electron chi connectivity index (χ3n) is 2.45. The lowest BCUT2D eigenvalue weighted by molar-refractivity contribution is 0.233. The van der Waals surface area contributed by atoms with E-state index >= 15 is 0 Å². The Morgan fingerprint density at radius 3 is 3.36 bits per heavy atom. The summed E-state index contributed by atoms with van der Waals surface area (Å²) in [4.78, 5) is 0. The zero-order valence-electron chi connectivity index (χ0n) is 6.51. The minimum absolute atomic E-state index is 0.250. The van der Waals surface area contributed by atoms with Gasteiger partial charge >= 0.3 is 0 Å². The monoisotopic (exact) mass is 154 g/mol. The predicted octanol–water partition coefficient (Wildman–Crippen LogP) is -0.761. The first-order valence-corrected chi connectivity index (χ1v) is 4.16. The normalized spacial score (nSPS) is 36.6. The van der Waals surface area contributed by atoms with Crippen molar-refractivity contribution in [1.82, 2.24) is 10.6 Å². The van der Waals surface area contributed by atoms with Crippen molar-refractivity contribution >= 4 is 0 Å². The van der Waals surface area contributed by atoms with Gasteiger partial charge in [-0.1, -0.05) is 6.08 Å². The van der Waals surface area contributed by atoms with Gasteiger partial charge in [-0.25, -0.2) is 0 Å². The first-order valence-electron chi connectivity index (χ1n) is 4.16. The van der Waals surface area contributed by atoms with Gasteiger partial charge in [0.1, 0.15) is 0 Å². The summed E-state index contributed by atoms with van der Waals surface area (Å²) in [6, 6.07) is 0.768. The average molecular weight is 154 g/mol. The van der Waals surface area contributed by atoms with Gasteiger partial charge in [0.05, 0.1) is 6.61 Å². The highest BCUT2D eigenvalue weighted by molar-refractivity contribution is 5.21. The number of rotatable bonds is 1. The van der Waals surface area contributed by atoms with Crippen LogP contribution in [0, 0.1) is 0 Å². The van der Waals surface area contributed by atoms with E-state index in [4.69, 9.17) is 5.11 Å². The Morgan fingerprint density at radius 2 is 2.55 bits per heavy atom. The van der Waals surface area contributed by atoms with Crippen LogP contribution in [-0.2, 0) is 0 Å². The van der Waals surface area contributed by atoms with Gasteiger partial charge in [-0.3, -0.25) is 0 Å². The van der Waals surface area contributed by atoms with E-state index in [0.29, 0.717) is 6.04 Å². The zero-order valence-corrected chi connectivity index (χ0v) is 6.51. The van der Waals surface area contributed by atoms with E-state index < -0.39 is 0 Å². The Morgan fingerprint density at radius 1 is 1.64 bits per heavy atom. The van der Waals surface area contributed by atoms with Gasteiger partial charge in [-0.2, -0.15) is 0 Å². The van der Waals surface area contributed by atoms with Crippen molar-refractivity contribution in [2.24, 2.45) is 0 Å². The summed E-state index contributed by atoms with van der Waals surface area (Å²) < 4.78 is 0. The Bertz CT molecular complexity index is 179. The fraction of sp³-hybridized carbons (Fsp3) is 0.750. The summed E-state index contributed by atoms with van der Waals surface area (Å²) in [5.74, 6) is 0. The van der Waals surface area contributed by atoms with Gasteiger partial charge in [-0.05, 0) is 12.0 Å². The number of hydrogen-bond acceptors (Lipinski definition) is 3. The largest absolute Gasteiger partial charge is 0.395 e. The molecule has 62 valence electrons. The van der Waals surface area contributed by atoms with Gasteiger partial charge < -0.3 is 15.7 Å². The third kappa shape index (κ3) is 1.31. The predicted molar refractivity (Wildman–Crippen MR) is 43.4 cm³/mol. The average Bonchev–Trinajstić information content (AvgIpc) is 2.50. The van der Waals surface area contributed by atoms with E-state index in [2.05, 4.69) is 16.7 Å². The molecule has 0 aromatic heterocycles. The minimum Gasteiger partial charge on any atom is -0.395 e. The highest BCUT2D eigenvalue weighted by Crippen LogP contribution is 2.15. The molecule has 0 aliphatic carbocycles. The highest BCUT2D eigenvalue weighted by Gasteiger charge is 2.25. The molecule has 1 saturated heterocycles. The quantitative estimate of drug-likeness (QED) is 0.435. The summed E-state index contributed by atoms with van der Waals surface area (Å²) in [5, 5.41) is 15.6. The van der Waals surface area contributed by atoms with E-state index in [0.717, 1.165) is 19.5 Å². The van der Waals surface area contributed by atoms with Crippen LogP contribution >= 0.6 is 0 Å². The second-order valence-electron chi connectivity index (χ2n) is 3.24. The Labute approximate surface area is 66.5 Å². The molecule has 2 rings (SSSR count). The Hall–Kier alpha value is -0.380. The molecule has 1 fully saturated rings. The molecule has 0 spiro atoms. The lowest BCUT2D eigenvalue weighted by Crippen LogP contribution is -2.44. The van der Waals surface area contributed by atoms with Crippen LogP contribution in [0.4, 0.5) is 0 Å². The summed E-state index contributed by atoms with van der Waals surface area (Å²) >= 11 is 0. The number of aliphatic hydroxyl groups is 1. The van der Waals surface area contributed by atoms with Crippen molar-refractivity contribution in [2.75, 3.05) is 19.7 Å². The van der Waals surface area contributed by atoms with Gasteiger partial charge in [0, 0.05) is 25.2 Å². The van der Waals surface area contributed by atoms with Crippen LogP contribution in [0.3, 0.4) is 0 Å². The molecule has 11 heavy (non-hydrogen) atoms. The minimum atomic E-state index is 0.250. The molecule has 2 heterocycles. The summed E-state index contributed by atoms with van der Waals surface area (Å²) in [6.45, 7) is 2.29. The van der Waals surface area contributed by atoms with Crippen LogP contribution in [0.25, 0.3) is 0 Å². The van der Waals surface area contributed by atoms with E-state index in [1.807, 2.05) is 0 Å². The standard InChI is InChI=1S/C8H14N2O/c11-5-7-2-1-6-3-9-4-8(6)10-7/h1,7-11H,2-5H2. The molecule has 3 N–H and O–H groups in total. The summed E-state index contributed by atoms with van der Waals surface area (Å²) in [6.07, 6.45) is 3.23. The van der Waals surface area contributed by atoms with Crippen molar-refractivity contribution in [1.29, 1.82) is 0 Å². The molecule has 3 nitrogen and oxygen atoms in total. The van der Waals surface area contributed by atoms with Gasteiger partial charge in [0.2, 0.25) is 0 Å². The molecule has 0 amide bonds. The van der Waals surface area contributed by atoms with E-state index in [-0.39, 0.29) is 12.6 Å². The number of fused-ring (bicyclic) bond motifs is 1. The van der Waals surface area contributed by atoms with Crippen LogP contribution in [0.5, 0.6) is 0 Å². The van der Waals surface area contributed by atoms with Crippen molar-refractivity contribution in [3.05, 3.63) is 11.6 Å². The maximum atomic E-state index is 8.90. The van der Waals surface area contributed by atoms with Crippen LogP contribution in [0.15, 0.2) is 11.6 Å². The lowest BCUT2D eigenvalue weighted by atomic mass is 10.0. The van der Waals surface area contributed by atoms with E-state index in [1.54, 1.807) is 0 Å². The molecule has 2 aliphatic heterocycles. The van der Waals surface area contributed by atoms with Crippen LogP contribution in [0.2, 0.25) is 0 Å². The fourth-order valence-corrected chi connectivity index (χ4v) is 1.77. The summed E-state index contributed by atoms with van der Waals surface area (Å²) in [5.41, 5.74) is 1.47. The smallest absolute Gasteiger partial charge is 0.0587 e. The Balaban J connectivity index is 2.04. The van der Waals surface area contributed by atoms with Crippen LogP contribution in [-0.4, -0.2) is 36.9 Å². The lowest BCUT2D eigenvalue weighted by Gasteiger charge is -2.25. The van der Waals surface area contributed by atoms with E-state index in [1.165, 1.54) is 5.57 Å².